The summed E-state index contributed by atoms with van der Waals surface area (Å²) in [6.45, 7) is 4.03. The summed E-state index contributed by atoms with van der Waals surface area (Å²) < 4.78 is 4.79. The van der Waals surface area contributed by atoms with Crippen LogP contribution < -0.4 is 0 Å². The van der Waals surface area contributed by atoms with E-state index in [0.29, 0.717) is 19.6 Å². The van der Waals surface area contributed by atoms with Gasteiger partial charge in [-0.3, -0.25) is 4.79 Å². The standard InChI is InChI=1S/C9H15NO4/c1-3-14-9(13)6(2)10-5-4-7(11)8(10)12/h6-7,11H,3-5H2,1-2H3/t6-,7+/m0/s1. The number of esters is 1. The fraction of sp³-hybridized carbons (Fsp3) is 0.778. The van der Waals surface area contributed by atoms with Gasteiger partial charge in [-0.25, -0.2) is 4.79 Å². The van der Waals surface area contributed by atoms with Crippen LogP contribution in [0.4, 0.5) is 0 Å². The van der Waals surface area contributed by atoms with Crippen LogP contribution in [0.1, 0.15) is 20.3 Å². The van der Waals surface area contributed by atoms with Gasteiger partial charge in [0.25, 0.3) is 5.91 Å². The molecule has 1 saturated heterocycles. The Labute approximate surface area is 82.6 Å². The van der Waals surface area contributed by atoms with Crippen LogP contribution in [0.2, 0.25) is 0 Å². The largest absolute Gasteiger partial charge is 0.464 e. The molecule has 0 spiro atoms. The van der Waals surface area contributed by atoms with Gasteiger partial charge in [0.2, 0.25) is 0 Å². The van der Waals surface area contributed by atoms with Gasteiger partial charge >= 0.3 is 5.97 Å². The van der Waals surface area contributed by atoms with Crippen molar-refractivity contribution in [1.82, 2.24) is 4.90 Å². The third kappa shape index (κ3) is 2.04. The number of carbonyl (C=O) groups is 2. The molecule has 0 aromatic carbocycles. The summed E-state index contributed by atoms with van der Waals surface area (Å²) >= 11 is 0. The number of hydrogen-bond donors (Lipinski definition) is 1. The van der Waals surface area contributed by atoms with Crippen molar-refractivity contribution in [2.45, 2.75) is 32.4 Å². The van der Waals surface area contributed by atoms with Gasteiger partial charge in [-0.05, 0) is 20.3 Å². The van der Waals surface area contributed by atoms with Gasteiger partial charge in [0, 0.05) is 6.54 Å². The number of aliphatic hydroxyl groups is 1. The van der Waals surface area contributed by atoms with Crippen molar-refractivity contribution in [2.75, 3.05) is 13.2 Å². The monoisotopic (exact) mass is 201 g/mol. The average molecular weight is 201 g/mol. The molecule has 1 N–H and O–H groups in total. The normalized spacial score (nSPS) is 23.8. The molecule has 1 heterocycles. The second kappa shape index (κ2) is 4.41. The molecule has 1 rings (SSSR count). The maximum absolute atomic E-state index is 11.3. The Balaban J connectivity index is 2.57. The van der Waals surface area contributed by atoms with E-state index in [1.54, 1.807) is 13.8 Å². The molecule has 2 atom stereocenters. The van der Waals surface area contributed by atoms with E-state index in [9.17, 15) is 14.7 Å². The molecule has 1 aliphatic rings. The van der Waals surface area contributed by atoms with Crippen molar-refractivity contribution in [3.8, 4) is 0 Å². The minimum absolute atomic E-state index is 0.299. The molecule has 0 unspecified atom stereocenters. The summed E-state index contributed by atoms with van der Waals surface area (Å²) in [4.78, 5) is 24.0. The Morgan fingerprint density at radius 1 is 1.79 bits per heavy atom. The van der Waals surface area contributed by atoms with E-state index in [4.69, 9.17) is 4.74 Å². The zero-order valence-electron chi connectivity index (χ0n) is 8.40. The molecule has 14 heavy (non-hydrogen) atoms. The Hall–Kier alpha value is -1.10. The number of amides is 1. The molecule has 5 nitrogen and oxygen atoms in total. The summed E-state index contributed by atoms with van der Waals surface area (Å²) in [7, 11) is 0. The van der Waals surface area contributed by atoms with E-state index in [1.807, 2.05) is 0 Å². The predicted molar refractivity (Wildman–Crippen MR) is 48.4 cm³/mol. The second-order valence-corrected chi connectivity index (χ2v) is 3.26. The number of nitrogens with zero attached hydrogens (tertiary/aromatic N) is 1. The zero-order valence-corrected chi connectivity index (χ0v) is 8.40. The molecule has 0 aromatic heterocycles. The highest BCUT2D eigenvalue weighted by Crippen LogP contribution is 2.14. The summed E-state index contributed by atoms with van der Waals surface area (Å²) in [6, 6.07) is -0.598. The van der Waals surface area contributed by atoms with Gasteiger partial charge < -0.3 is 14.7 Å². The lowest BCUT2D eigenvalue weighted by molar-refractivity contribution is -0.153. The second-order valence-electron chi connectivity index (χ2n) is 3.26. The van der Waals surface area contributed by atoms with Crippen LogP contribution in [-0.4, -0.2) is 47.2 Å². The SMILES string of the molecule is CCOC(=O)[C@H](C)N1CC[C@@H](O)C1=O. The van der Waals surface area contributed by atoms with Gasteiger partial charge in [0.1, 0.15) is 12.1 Å². The Kier molecular flexibility index (Phi) is 3.46. The quantitative estimate of drug-likeness (QED) is 0.627. The number of hydrogen-bond acceptors (Lipinski definition) is 4. The third-order valence-corrected chi connectivity index (χ3v) is 2.31. The zero-order chi connectivity index (χ0) is 10.7. The first-order chi connectivity index (χ1) is 6.57. The van der Waals surface area contributed by atoms with Crippen LogP contribution in [-0.2, 0) is 14.3 Å². The molecule has 1 amide bonds. The molecule has 0 aliphatic carbocycles. The van der Waals surface area contributed by atoms with Gasteiger partial charge in [-0.15, -0.1) is 0 Å². The van der Waals surface area contributed by atoms with E-state index in [-0.39, 0.29) is 5.91 Å². The molecule has 0 saturated carbocycles. The number of likely N-dealkylation sites (tertiary alicyclic amines) is 1. The number of carbonyl (C=O) groups excluding carboxylic acids is 2. The molecule has 1 fully saturated rings. The summed E-state index contributed by atoms with van der Waals surface area (Å²) in [6.07, 6.45) is -0.561. The Morgan fingerprint density at radius 2 is 2.43 bits per heavy atom. The number of aliphatic hydroxyl groups excluding tert-OH is 1. The van der Waals surface area contributed by atoms with Crippen LogP contribution in [0.3, 0.4) is 0 Å². The van der Waals surface area contributed by atoms with Crippen molar-refractivity contribution >= 4 is 11.9 Å². The molecule has 1 aliphatic heterocycles. The highest BCUT2D eigenvalue weighted by atomic mass is 16.5. The van der Waals surface area contributed by atoms with Crippen molar-refractivity contribution in [3.05, 3.63) is 0 Å². The lowest BCUT2D eigenvalue weighted by Gasteiger charge is -2.22. The molecule has 80 valence electrons. The third-order valence-electron chi connectivity index (χ3n) is 2.31. The molecular weight excluding hydrogens is 186 g/mol. The van der Waals surface area contributed by atoms with Crippen LogP contribution in [0, 0.1) is 0 Å². The first kappa shape index (κ1) is 11.0. The maximum Gasteiger partial charge on any atom is 0.328 e. The lowest BCUT2D eigenvalue weighted by Crippen LogP contribution is -2.42. The molecule has 5 heteroatoms. The topological polar surface area (TPSA) is 66.8 Å². The Morgan fingerprint density at radius 3 is 2.86 bits per heavy atom. The molecule has 0 bridgehead atoms. The van der Waals surface area contributed by atoms with E-state index in [2.05, 4.69) is 0 Å². The average Bonchev–Trinajstić information content (AvgIpc) is 2.47. The van der Waals surface area contributed by atoms with E-state index in [1.165, 1.54) is 4.90 Å². The van der Waals surface area contributed by atoms with Gasteiger partial charge in [0.15, 0.2) is 0 Å². The minimum Gasteiger partial charge on any atom is -0.464 e. The van der Waals surface area contributed by atoms with Crippen LogP contribution in [0.25, 0.3) is 0 Å². The van der Waals surface area contributed by atoms with E-state index in [0.717, 1.165) is 0 Å². The summed E-state index contributed by atoms with van der Waals surface area (Å²) in [5.41, 5.74) is 0. The van der Waals surface area contributed by atoms with Crippen molar-refractivity contribution in [3.63, 3.8) is 0 Å². The van der Waals surface area contributed by atoms with E-state index < -0.39 is 18.1 Å². The summed E-state index contributed by atoms with van der Waals surface area (Å²) in [5, 5.41) is 9.19. The van der Waals surface area contributed by atoms with Gasteiger partial charge in [-0.1, -0.05) is 0 Å². The van der Waals surface area contributed by atoms with Crippen molar-refractivity contribution in [2.24, 2.45) is 0 Å². The van der Waals surface area contributed by atoms with Gasteiger partial charge in [-0.2, -0.15) is 0 Å². The fourth-order valence-electron chi connectivity index (χ4n) is 1.46. The van der Waals surface area contributed by atoms with Crippen LogP contribution in [0.15, 0.2) is 0 Å². The predicted octanol–water partition coefficient (Wildman–Crippen LogP) is -0.469. The summed E-state index contributed by atoms with van der Waals surface area (Å²) in [5.74, 6) is -0.805. The lowest BCUT2D eigenvalue weighted by atomic mass is 10.3. The first-order valence-corrected chi connectivity index (χ1v) is 4.73. The molecule has 0 radical (unpaired) electrons. The minimum atomic E-state index is -0.952. The number of rotatable bonds is 3. The molecule has 0 aromatic rings. The van der Waals surface area contributed by atoms with Crippen molar-refractivity contribution < 1.29 is 19.4 Å². The first-order valence-electron chi connectivity index (χ1n) is 4.73. The molecular formula is C9H15NO4. The van der Waals surface area contributed by atoms with E-state index >= 15 is 0 Å². The highest BCUT2D eigenvalue weighted by Gasteiger charge is 2.36. The smallest absolute Gasteiger partial charge is 0.328 e. The highest BCUT2D eigenvalue weighted by molar-refractivity contribution is 5.88. The maximum atomic E-state index is 11.3. The number of ether oxygens (including phenoxy) is 1. The van der Waals surface area contributed by atoms with Crippen LogP contribution in [0.5, 0.6) is 0 Å². The fourth-order valence-corrected chi connectivity index (χ4v) is 1.46. The van der Waals surface area contributed by atoms with Gasteiger partial charge in [0.05, 0.1) is 6.61 Å². The van der Waals surface area contributed by atoms with Crippen LogP contribution >= 0.6 is 0 Å². The Bertz CT molecular complexity index is 241. The van der Waals surface area contributed by atoms with Crippen molar-refractivity contribution in [1.29, 1.82) is 0 Å².